The van der Waals surface area contributed by atoms with E-state index in [2.05, 4.69) is 17.6 Å². The lowest BCUT2D eigenvalue weighted by atomic mass is 10.00. The van der Waals surface area contributed by atoms with Crippen LogP contribution in [-0.4, -0.2) is 35.0 Å². The third kappa shape index (κ3) is 2.96. The molecule has 2 atom stereocenters. The zero-order valence-electron chi connectivity index (χ0n) is 11.3. The third-order valence-electron chi connectivity index (χ3n) is 3.60. The molecule has 0 saturated carbocycles. The number of nitrogens with two attached hydrogens (primary N) is 1. The average Bonchev–Trinajstić information content (AvgIpc) is 2.74. The van der Waals surface area contributed by atoms with Gasteiger partial charge in [-0.15, -0.1) is 0 Å². The Morgan fingerprint density at radius 2 is 2.26 bits per heavy atom. The van der Waals surface area contributed by atoms with Crippen LogP contribution < -0.4 is 16.4 Å². The summed E-state index contributed by atoms with van der Waals surface area (Å²) in [5.74, 6) is -0.696. The summed E-state index contributed by atoms with van der Waals surface area (Å²) in [5, 5.41) is 6.33. The fourth-order valence-electron chi connectivity index (χ4n) is 2.41. The van der Waals surface area contributed by atoms with Crippen LogP contribution >= 0.6 is 0 Å². The second-order valence-corrected chi connectivity index (χ2v) is 5.05. The zero-order valence-corrected chi connectivity index (χ0v) is 11.3. The van der Waals surface area contributed by atoms with Crippen molar-refractivity contribution in [1.82, 2.24) is 15.2 Å². The maximum absolute atomic E-state index is 12.2. The molecular formula is C13H20N4O2. The Labute approximate surface area is 112 Å². The normalized spacial score (nSPS) is 23.1. The lowest BCUT2D eigenvalue weighted by molar-refractivity contribution is 0.0911. The predicted octanol–water partition coefficient (Wildman–Crippen LogP) is -0.00570. The molecule has 1 aliphatic rings. The van der Waals surface area contributed by atoms with Gasteiger partial charge < -0.3 is 20.9 Å². The Hall–Kier alpha value is -1.82. The number of hydrogen-bond donors (Lipinski definition) is 3. The van der Waals surface area contributed by atoms with Gasteiger partial charge in [0.25, 0.3) is 5.91 Å². The summed E-state index contributed by atoms with van der Waals surface area (Å²) in [4.78, 5) is 23.3. The standard InChI is InChI=1S/C13H20N4O2/c1-8-10(4-3-5-15-8)16-13(19)11-6-9(12(14)18)7-17(11)2/h6-8,10,15H,3-5H2,1-2H3,(H2,14,18)(H,16,19). The van der Waals surface area contributed by atoms with Gasteiger partial charge in [0.2, 0.25) is 5.91 Å². The summed E-state index contributed by atoms with van der Waals surface area (Å²) in [7, 11) is 1.73. The molecular weight excluding hydrogens is 244 g/mol. The molecule has 4 N–H and O–H groups in total. The quantitative estimate of drug-likeness (QED) is 0.717. The van der Waals surface area contributed by atoms with E-state index in [9.17, 15) is 9.59 Å². The number of nitrogens with zero attached hydrogens (tertiary/aromatic N) is 1. The zero-order chi connectivity index (χ0) is 14.0. The van der Waals surface area contributed by atoms with Gasteiger partial charge in [-0.2, -0.15) is 0 Å². The largest absolute Gasteiger partial charge is 0.366 e. The summed E-state index contributed by atoms with van der Waals surface area (Å²) in [5.41, 5.74) is 6.01. The van der Waals surface area contributed by atoms with Crippen LogP contribution in [0.1, 0.15) is 40.6 Å². The van der Waals surface area contributed by atoms with Crippen molar-refractivity contribution in [3.63, 3.8) is 0 Å². The number of nitrogens with one attached hydrogen (secondary N) is 2. The maximum Gasteiger partial charge on any atom is 0.268 e. The van der Waals surface area contributed by atoms with Crippen molar-refractivity contribution in [1.29, 1.82) is 0 Å². The smallest absolute Gasteiger partial charge is 0.268 e. The van der Waals surface area contributed by atoms with Crippen molar-refractivity contribution in [2.45, 2.75) is 31.8 Å². The number of carbonyl (C=O) groups excluding carboxylic acids is 2. The van der Waals surface area contributed by atoms with Crippen LogP contribution in [0, 0.1) is 0 Å². The first kappa shape index (κ1) is 13.6. The van der Waals surface area contributed by atoms with Gasteiger partial charge in [0, 0.05) is 25.3 Å². The van der Waals surface area contributed by atoms with Crippen LogP contribution in [0.5, 0.6) is 0 Å². The first-order valence-corrected chi connectivity index (χ1v) is 6.49. The van der Waals surface area contributed by atoms with E-state index >= 15 is 0 Å². The van der Waals surface area contributed by atoms with Crippen molar-refractivity contribution in [2.75, 3.05) is 6.54 Å². The molecule has 6 heteroatoms. The molecule has 1 aromatic heterocycles. The number of aromatic nitrogens is 1. The van der Waals surface area contributed by atoms with Gasteiger partial charge >= 0.3 is 0 Å². The van der Waals surface area contributed by atoms with Crippen LogP contribution in [0.2, 0.25) is 0 Å². The Kier molecular flexibility index (Phi) is 3.90. The van der Waals surface area contributed by atoms with Gasteiger partial charge in [0.1, 0.15) is 5.69 Å². The van der Waals surface area contributed by atoms with Gasteiger partial charge in [0.05, 0.1) is 5.56 Å². The fourth-order valence-corrected chi connectivity index (χ4v) is 2.41. The first-order valence-electron chi connectivity index (χ1n) is 6.49. The van der Waals surface area contributed by atoms with Gasteiger partial charge in [-0.3, -0.25) is 9.59 Å². The lowest BCUT2D eigenvalue weighted by Crippen LogP contribution is -2.52. The number of rotatable bonds is 3. The summed E-state index contributed by atoms with van der Waals surface area (Å²) in [6, 6.07) is 1.90. The molecule has 0 aliphatic carbocycles. The Morgan fingerprint density at radius 1 is 1.53 bits per heavy atom. The van der Waals surface area contributed by atoms with Gasteiger partial charge in [-0.25, -0.2) is 0 Å². The van der Waals surface area contributed by atoms with Gasteiger partial charge in [-0.1, -0.05) is 0 Å². The summed E-state index contributed by atoms with van der Waals surface area (Å²) >= 11 is 0. The highest BCUT2D eigenvalue weighted by Crippen LogP contribution is 2.11. The average molecular weight is 264 g/mol. The van der Waals surface area contributed by atoms with Gasteiger partial charge in [-0.05, 0) is 32.4 Å². The van der Waals surface area contributed by atoms with E-state index in [-0.39, 0.29) is 18.0 Å². The van der Waals surface area contributed by atoms with E-state index in [1.807, 2.05) is 0 Å². The van der Waals surface area contributed by atoms with Crippen molar-refractivity contribution in [2.24, 2.45) is 12.8 Å². The lowest BCUT2D eigenvalue weighted by Gasteiger charge is -2.30. The molecule has 1 aromatic rings. The number of primary amides is 1. The SMILES string of the molecule is CC1NCCCC1NC(=O)c1cc(C(N)=O)cn1C. The number of piperidine rings is 1. The van der Waals surface area contributed by atoms with E-state index in [0.29, 0.717) is 11.3 Å². The molecule has 2 rings (SSSR count). The Bertz CT molecular complexity index is 495. The minimum Gasteiger partial charge on any atom is -0.366 e. The molecule has 2 heterocycles. The Morgan fingerprint density at radius 3 is 2.84 bits per heavy atom. The van der Waals surface area contributed by atoms with Crippen molar-refractivity contribution >= 4 is 11.8 Å². The fraction of sp³-hybridized carbons (Fsp3) is 0.538. The minimum atomic E-state index is -0.526. The Balaban J connectivity index is 2.09. The predicted molar refractivity (Wildman–Crippen MR) is 71.9 cm³/mol. The molecule has 0 spiro atoms. The highest BCUT2D eigenvalue weighted by Gasteiger charge is 2.24. The highest BCUT2D eigenvalue weighted by atomic mass is 16.2. The molecule has 19 heavy (non-hydrogen) atoms. The number of aryl methyl sites for hydroxylation is 1. The molecule has 0 aromatic carbocycles. The topological polar surface area (TPSA) is 89.2 Å². The molecule has 6 nitrogen and oxygen atoms in total. The van der Waals surface area contributed by atoms with Crippen LogP contribution in [0.4, 0.5) is 0 Å². The van der Waals surface area contributed by atoms with E-state index in [1.54, 1.807) is 17.8 Å². The molecule has 1 aliphatic heterocycles. The second-order valence-electron chi connectivity index (χ2n) is 5.05. The van der Waals surface area contributed by atoms with Crippen molar-refractivity contribution < 1.29 is 9.59 Å². The molecule has 104 valence electrons. The van der Waals surface area contributed by atoms with Crippen LogP contribution in [0.15, 0.2) is 12.3 Å². The summed E-state index contributed by atoms with van der Waals surface area (Å²) < 4.78 is 1.62. The van der Waals surface area contributed by atoms with Gasteiger partial charge in [0.15, 0.2) is 0 Å². The molecule has 0 bridgehead atoms. The molecule has 2 amide bonds. The molecule has 2 unspecified atom stereocenters. The second kappa shape index (κ2) is 5.44. The highest BCUT2D eigenvalue weighted by molar-refractivity contribution is 5.98. The van der Waals surface area contributed by atoms with Crippen LogP contribution in [-0.2, 0) is 7.05 Å². The van der Waals surface area contributed by atoms with E-state index in [4.69, 9.17) is 5.73 Å². The summed E-state index contributed by atoms with van der Waals surface area (Å²) in [6.07, 6.45) is 3.59. The molecule has 1 saturated heterocycles. The van der Waals surface area contributed by atoms with E-state index < -0.39 is 5.91 Å². The number of amides is 2. The molecule has 0 radical (unpaired) electrons. The number of carbonyl (C=O) groups is 2. The summed E-state index contributed by atoms with van der Waals surface area (Å²) in [6.45, 7) is 3.05. The van der Waals surface area contributed by atoms with E-state index in [1.165, 1.54) is 6.07 Å². The van der Waals surface area contributed by atoms with Crippen LogP contribution in [0.25, 0.3) is 0 Å². The first-order chi connectivity index (χ1) is 8.99. The van der Waals surface area contributed by atoms with Crippen LogP contribution in [0.3, 0.4) is 0 Å². The molecule has 1 fully saturated rings. The van der Waals surface area contributed by atoms with Crippen molar-refractivity contribution in [3.8, 4) is 0 Å². The van der Waals surface area contributed by atoms with Crippen molar-refractivity contribution in [3.05, 3.63) is 23.5 Å². The maximum atomic E-state index is 12.2. The van der Waals surface area contributed by atoms with E-state index in [0.717, 1.165) is 19.4 Å². The third-order valence-corrected chi connectivity index (χ3v) is 3.60. The number of hydrogen-bond acceptors (Lipinski definition) is 3. The monoisotopic (exact) mass is 264 g/mol. The minimum absolute atomic E-state index is 0.119.